The molecule has 0 aliphatic carbocycles. The van der Waals surface area contributed by atoms with Crippen LogP contribution in [0.15, 0.2) is 41.1 Å². The standard InChI is InChI=1S/C15H17BrN2O2/c1-18-10-12(9-17-18)5-6-13(15(19)20)7-11-3-2-4-14(16)8-11/h2-4,8-10,13H,5-7H2,1H3,(H,19,20). The van der Waals surface area contributed by atoms with Crippen molar-refractivity contribution in [2.75, 3.05) is 0 Å². The number of aromatic nitrogens is 2. The Labute approximate surface area is 126 Å². The average molecular weight is 337 g/mol. The largest absolute Gasteiger partial charge is 0.481 e. The molecule has 2 rings (SSSR count). The molecule has 5 heteroatoms. The number of hydrogen-bond donors (Lipinski definition) is 1. The lowest BCUT2D eigenvalue weighted by atomic mass is 9.94. The van der Waals surface area contributed by atoms with E-state index in [0.717, 1.165) is 22.0 Å². The lowest BCUT2D eigenvalue weighted by molar-refractivity contribution is -0.141. The minimum absolute atomic E-state index is 0.371. The van der Waals surface area contributed by atoms with Crippen LogP contribution in [0.3, 0.4) is 0 Å². The second-order valence-corrected chi connectivity index (χ2v) is 5.85. The Morgan fingerprint density at radius 1 is 1.45 bits per heavy atom. The summed E-state index contributed by atoms with van der Waals surface area (Å²) in [6.45, 7) is 0. The summed E-state index contributed by atoms with van der Waals surface area (Å²) >= 11 is 3.41. The number of nitrogens with zero attached hydrogens (tertiary/aromatic N) is 2. The fraction of sp³-hybridized carbons (Fsp3) is 0.333. The van der Waals surface area contributed by atoms with Crippen LogP contribution in [0.5, 0.6) is 0 Å². The van der Waals surface area contributed by atoms with Crippen molar-refractivity contribution in [2.24, 2.45) is 13.0 Å². The van der Waals surface area contributed by atoms with E-state index in [1.807, 2.05) is 37.5 Å². The first-order chi connectivity index (χ1) is 9.54. The molecule has 0 saturated heterocycles. The fourth-order valence-electron chi connectivity index (χ4n) is 2.20. The molecule has 0 amide bonds. The van der Waals surface area contributed by atoms with Crippen LogP contribution in [-0.2, 0) is 24.7 Å². The summed E-state index contributed by atoms with van der Waals surface area (Å²) in [6, 6.07) is 7.80. The Hall–Kier alpha value is -1.62. The highest BCUT2D eigenvalue weighted by Gasteiger charge is 2.18. The first-order valence-electron chi connectivity index (χ1n) is 6.49. The predicted octanol–water partition coefficient (Wildman–Crippen LogP) is 3.06. The van der Waals surface area contributed by atoms with E-state index in [4.69, 9.17) is 0 Å². The van der Waals surface area contributed by atoms with Gasteiger partial charge in [0.25, 0.3) is 0 Å². The Balaban J connectivity index is 1.98. The SMILES string of the molecule is Cn1cc(CCC(Cc2cccc(Br)c2)C(=O)O)cn1. The minimum atomic E-state index is -0.742. The molecule has 0 saturated carbocycles. The van der Waals surface area contributed by atoms with E-state index in [9.17, 15) is 9.90 Å². The highest BCUT2D eigenvalue weighted by Crippen LogP contribution is 2.19. The fourth-order valence-corrected chi connectivity index (χ4v) is 2.65. The van der Waals surface area contributed by atoms with Crippen molar-refractivity contribution < 1.29 is 9.90 Å². The van der Waals surface area contributed by atoms with Crippen LogP contribution in [0, 0.1) is 5.92 Å². The number of rotatable bonds is 6. The van der Waals surface area contributed by atoms with Crippen LogP contribution in [0.2, 0.25) is 0 Å². The Morgan fingerprint density at radius 2 is 2.25 bits per heavy atom. The quantitative estimate of drug-likeness (QED) is 0.881. The molecule has 0 aliphatic heterocycles. The number of halogens is 1. The number of carboxylic acids is 1. The van der Waals surface area contributed by atoms with Gasteiger partial charge in [-0.25, -0.2) is 0 Å². The highest BCUT2D eigenvalue weighted by molar-refractivity contribution is 9.10. The van der Waals surface area contributed by atoms with Crippen LogP contribution in [-0.4, -0.2) is 20.9 Å². The molecule has 1 atom stereocenters. The third kappa shape index (κ3) is 4.20. The molecule has 106 valence electrons. The maximum atomic E-state index is 11.4. The number of carbonyl (C=O) groups is 1. The van der Waals surface area contributed by atoms with Gasteiger partial charge in [-0.15, -0.1) is 0 Å². The number of aryl methyl sites for hydroxylation is 2. The first-order valence-corrected chi connectivity index (χ1v) is 7.28. The maximum Gasteiger partial charge on any atom is 0.306 e. The number of carboxylic acid groups (broad SMARTS) is 1. The summed E-state index contributed by atoms with van der Waals surface area (Å²) in [5.74, 6) is -1.11. The van der Waals surface area contributed by atoms with Crippen LogP contribution in [0.4, 0.5) is 0 Å². The number of benzene rings is 1. The van der Waals surface area contributed by atoms with Crippen molar-refractivity contribution in [1.29, 1.82) is 0 Å². The predicted molar refractivity (Wildman–Crippen MR) is 80.5 cm³/mol. The lowest BCUT2D eigenvalue weighted by Gasteiger charge is -2.12. The van der Waals surface area contributed by atoms with Gasteiger partial charge in [-0.05, 0) is 42.5 Å². The molecular weight excluding hydrogens is 320 g/mol. The molecule has 0 bridgehead atoms. The molecule has 1 unspecified atom stereocenters. The first kappa shape index (κ1) is 14.8. The average Bonchev–Trinajstić information content (AvgIpc) is 2.80. The number of hydrogen-bond acceptors (Lipinski definition) is 2. The summed E-state index contributed by atoms with van der Waals surface area (Å²) in [4.78, 5) is 11.4. The van der Waals surface area contributed by atoms with E-state index in [0.29, 0.717) is 12.8 Å². The molecule has 0 aliphatic rings. The van der Waals surface area contributed by atoms with Gasteiger partial charge in [0.05, 0.1) is 12.1 Å². The van der Waals surface area contributed by atoms with Gasteiger partial charge in [-0.3, -0.25) is 9.48 Å². The van der Waals surface area contributed by atoms with Gasteiger partial charge in [0, 0.05) is 17.7 Å². The molecule has 20 heavy (non-hydrogen) atoms. The lowest BCUT2D eigenvalue weighted by Crippen LogP contribution is -2.17. The molecule has 0 radical (unpaired) electrons. The molecule has 0 fully saturated rings. The van der Waals surface area contributed by atoms with Crippen LogP contribution in [0.1, 0.15) is 17.5 Å². The maximum absolute atomic E-state index is 11.4. The van der Waals surface area contributed by atoms with Crippen molar-refractivity contribution in [3.05, 3.63) is 52.3 Å². The molecule has 1 aromatic heterocycles. The summed E-state index contributed by atoms with van der Waals surface area (Å²) < 4.78 is 2.71. The smallest absolute Gasteiger partial charge is 0.306 e. The zero-order valence-corrected chi connectivity index (χ0v) is 12.9. The third-order valence-corrected chi connectivity index (χ3v) is 3.75. The van der Waals surface area contributed by atoms with E-state index >= 15 is 0 Å². The normalized spacial score (nSPS) is 12.3. The summed E-state index contributed by atoms with van der Waals surface area (Å²) in [6.07, 6.45) is 5.62. The van der Waals surface area contributed by atoms with Gasteiger partial charge in [-0.1, -0.05) is 28.1 Å². The van der Waals surface area contributed by atoms with Gasteiger partial charge in [-0.2, -0.15) is 5.10 Å². The van der Waals surface area contributed by atoms with Crippen LogP contribution in [0.25, 0.3) is 0 Å². The van der Waals surface area contributed by atoms with Crippen molar-refractivity contribution >= 4 is 21.9 Å². The zero-order chi connectivity index (χ0) is 14.5. The molecule has 1 aromatic carbocycles. The Bertz CT molecular complexity index is 595. The minimum Gasteiger partial charge on any atom is -0.481 e. The van der Waals surface area contributed by atoms with Crippen molar-refractivity contribution in [1.82, 2.24) is 9.78 Å². The van der Waals surface area contributed by atoms with E-state index < -0.39 is 5.97 Å². The summed E-state index contributed by atoms with van der Waals surface area (Å²) in [7, 11) is 1.86. The second kappa shape index (κ2) is 6.70. The van der Waals surface area contributed by atoms with Gasteiger partial charge in [0.2, 0.25) is 0 Å². The Morgan fingerprint density at radius 3 is 2.85 bits per heavy atom. The van der Waals surface area contributed by atoms with Crippen molar-refractivity contribution in [3.8, 4) is 0 Å². The van der Waals surface area contributed by atoms with Crippen molar-refractivity contribution in [2.45, 2.75) is 19.3 Å². The topological polar surface area (TPSA) is 55.1 Å². The van der Waals surface area contributed by atoms with E-state index in [-0.39, 0.29) is 5.92 Å². The van der Waals surface area contributed by atoms with Crippen molar-refractivity contribution in [3.63, 3.8) is 0 Å². The molecule has 2 aromatic rings. The monoisotopic (exact) mass is 336 g/mol. The molecular formula is C15H17BrN2O2. The van der Waals surface area contributed by atoms with Crippen LogP contribution >= 0.6 is 15.9 Å². The second-order valence-electron chi connectivity index (χ2n) is 4.93. The molecule has 1 heterocycles. The zero-order valence-electron chi connectivity index (χ0n) is 11.3. The van der Waals surface area contributed by atoms with Crippen LogP contribution < -0.4 is 0 Å². The van der Waals surface area contributed by atoms with Gasteiger partial charge in [0.15, 0.2) is 0 Å². The van der Waals surface area contributed by atoms with E-state index in [2.05, 4.69) is 21.0 Å². The summed E-state index contributed by atoms with van der Waals surface area (Å²) in [5, 5.41) is 13.5. The van der Waals surface area contributed by atoms with Gasteiger partial charge >= 0.3 is 5.97 Å². The number of aliphatic carboxylic acids is 1. The van der Waals surface area contributed by atoms with Gasteiger partial charge in [0.1, 0.15) is 0 Å². The summed E-state index contributed by atoms with van der Waals surface area (Å²) in [5.41, 5.74) is 2.12. The van der Waals surface area contributed by atoms with Gasteiger partial charge < -0.3 is 5.11 Å². The molecule has 0 spiro atoms. The Kier molecular flexibility index (Phi) is 4.95. The molecule has 4 nitrogen and oxygen atoms in total. The molecule has 1 N–H and O–H groups in total. The highest BCUT2D eigenvalue weighted by atomic mass is 79.9. The van der Waals surface area contributed by atoms with E-state index in [1.165, 1.54) is 0 Å². The van der Waals surface area contributed by atoms with E-state index in [1.54, 1.807) is 10.9 Å². The third-order valence-electron chi connectivity index (χ3n) is 3.26.